The van der Waals surface area contributed by atoms with Gasteiger partial charge in [-0.3, -0.25) is 4.79 Å². The molecule has 15 heavy (non-hydrogen) atoms. The van der Waals surface area contributed by atoms with Gasteiger partial charge in [0.1, 0.15) is 0 Å². The van der Waals surface area contributed by atoms with Crippen LogP contribution in [0.1, 0.15) is 30.4 Å². The van der Waals surface area contributed by atoms with Gasteiger partial charge >= 0.3 is 0 Å². The summed E-state index contributed by atoms with van der Waals surface area (Å²) in [5, 5.41) is 1.12. The molecular weight excluding hydrogens is 206 g/mol. The lowest BCUT2D eigenvalue weighted by atomic mass is 10.1. The zero-order valence-electron chi connectivity index (χ0n) is 9.49. The van der Waals surface area contributed by atoms with E-state index >= 15 is 0 Å². The molecule has 3 heteroatoms. The number of thiophene rings is 1. The minimum absolute atomic E-state index is 0.0409. The summed E-state index contributed by atoms with van der Waals surface area (Å²) in [4.78, 5) is 13.6. The van der Waals surface area contributed by atoms with Crippen LogP contribution < -0.4 is 4.90 Å². The molecule has 0 amide bonds. The van der Waals surface area contributed by atoms with Gasteiger partial charge in [-0.25, -0.2) is 0 Å². The van der Waals surface area contributed by atoms with Gasteiger partial charge in [-0.2, -0.15) is 0 Å². The van der Waals surface area contributed by atoms with Crippen LogP contribution in [0.25, 0.3) is 0 Å². The third-order valence-electron chi connectivity index (χ3n) is 2.12. The molecule has 0 saturated carbocycles. The first kappa shape index (κ1) is 12.0. The van der Waals surface area contributed by atoms with E-state index < -0.39 is 0 Å². The van der Waals surface area contributed by atoms with Crippen molar-refractivity contribution in [2.24, 2.45) is 0 Å². The number of anilines is 1. The van der Waals surface area contributed by atoms with Crippen LogP contribution in [0.15, 0.2) is 24.8 Å². The van der Waals surface area contributed by atoms with Crippen molar-refractivity contribution in [2.45, 2.75) is 26.3 Å². The van der Waals surface area contributed by atoms with Crippen LogP contribution in [-0.4, -0.2) is 18.4 Å². The van der Waals surface area contributed by atoms with E-state index in [1.807, 2.05) is 18.2 Å². The Hall–Kier alpha value is -1.09. The maximum Gasteiger partial charge on any atom is 0.160 e. The summed E-state index contributed by atoms with van der Waals surface area (Å²) in [6, 6.07) is 3.85. The number of carbonyl (C=O) groups is 1. The molecule has 0 N–H and O–H groups in total. The second-order valence-electron chi connectivity index (χ2n) is 4.36. The standard InChI is InChI=1S/C12H17NOS/c1-5-8-13(12(2,3)4)11-7-6-10(9-14)15-11/h5-7,9H,1,8H2,2-4H3. The van der Waals surface area contributed by atoms with Crippen molar-refractivity contribution in [1.82, 2.24) is 0 Å². The molecule has 0 aliphatic carbocycles. The molecule has 2 nitrogen and oxygen atoms in total. The van der Waals surface area contributed by atoms with Gasteiger partial charge in [-0.1, -0.05) is 6.08 Å². The Morgan fingerprint density at radius 1 is 1.47 bits per heavy atom. The fourth-order valence-electron chi connectivity index (χ4n) is 1.37. The molecule has 0 unspecified atom stereocenters. The predicted molar refractivity (Wildman–Crippen MR) is 67.0 cm³/mol. The van der Waals surface area contributed by atoms with Crippen molar-refractivity contribution >= 4 is 22.6 Å². The summed E-state index contributed by atoms with van der Waals surface area (Å²) in [5.74, 6) is 0. The van der Waals surface area contributed by atoms with Gasteiger partial charge in [0.2, 0.25) is 0 Å². The van der Waals surface area contributed by atoms with E-state index in [-0.39, 0.29) is 5.54 Å². The van der Waals surface area contributed by atoms with Gasteiger partial charge < -0.3 is 4.90 Å². The molecule has 0 aliphatic heterocycles. The molecule has 0 aromatic carbocycles. The molecule has 1 aromatic heterocycles. The minimum Gasteiger partial charge on any atom is -0.355 e. The molecule has 1 aromatic rings. The molecule has 82 valence electrons. The van der Waals surface area contributed by atoms with Gasteiger partial charge in [0.15, 0.2) is 6.29 Å². The molecule has 0 saturated heterocycles. The van der Waals surface area contributed by atoms with Crippen LogP contribution >= 0.6 is 11.3 Å². The van der Waals surface area contributed by atoms with Crippen LogP contribution in [0.4, 0.5) is 5.00 Å². The molecule has 0 aliphatic rings. The Labute approximate surface area is 95.2 Å². The van der Waals surface area contributed by atoms with Crippen LogP contribution in [0.5, 0.6) is 0 Å². The first-order valence-corrected chi connectivity index (χ1v) is 5.74. The fourth-order valence-corrected chi connectivity index (χ4v) is 2.39. The van der Waals surface area contributed by atoms with Crippen LogP contribution in [0.2, 0.25) is 0 Å². The third-order valence-corrected chi connectivity index (χ3v) is 3.15. The van der Waals surface area contributed by atoms with E-state index in [1.54, 1.807) is 0 Å². The van der Waals surface area contributed by atoms with Crippen LogP contribution in [0.3, 0.4) is 0 Å². The maximum atomic E-state index is 10.6. The normalized spacial score (nSPS) is 11.1. The minimum atomic E-state index is 0.0409. The van der Waals surface area contributed by atoms with Gasteiger partial charge in [-0.15, -0.1) is 17.9 Å². The first-order valence-electron chi connectivity index (χ1n) is 4.92. The summed E-state index contributed by atoms with van der Waals surface area (Å²) < 4.78 is 0. The largest absolute Gasteiger partial charge is 0.355 e. The van der Waals surface area contributed by atoms with Crippen LogP contribution in [-0.2, 0) is 0 Å². The highest BCUT2D eigenvalue weighted by Crippen LogP contribution is 2.30. The highest BCUT2D eigenvalue weighted by molar-refractivity contribution is 7.17. The van der Waals surface area contributed by atoms with Crippen molar-refractivity contribution in [3.63, 3.8) is 0 Å². The third kappa shape index (κ3) is 2.93. The SMILES string of the molecule is C=CCN(c1ccc(C=O)s1)C(C)(C)C. The second-order valence-corrected chi connectivity index (χ2v) is 5.46. The Morgan fingerprint density at radius 3 is 2.53 bits per heavy atom. The van der Waals surface area contributed by atoms with E-state index in [0.717, 1.165) is 22.7 Å². The number of hydrogen-bond acceptors (Lipinski definition) is 3. The van der Waals surface area contributed by atoms with Crippen LogP contribution in [0, 0.1) is 0 Å². The lowest BCUT2D eigenvalue weighted by Gasteiger charge is -2.35. The zero-order chi connectivity index (χ0) is 11.5. The van der Waals surface area contributed by atoms with Crippen molar-refractivity contribution in [3.05, 3.63) is 29.7 Å². The average Bonchev–Trinajstić information content (AvgIpc) is 2.60. The lowest BCUT2D eigenvalue weighted by Crippen LogP contribution is -2.41. The number of nitrogens with zero attached hydrogens (tertiary/aromatic N) is 1. The molecular formula is C12H17NOS. The Balaban J connectivity index is 2.98. The molecule has 0 bridgehead atoms. The Kier molecular flexibility index (Phi) is 3.69. The monoisotopic (exact) mass is 223 g/mol. The van der Waals surface area contributed by atoms with E-state index in [0.29, 0.717) is 0 Å². The predicted octanol–water partition coefficient (Wildman–Crippen LogP) is 3.35. The van der Waals surface area contributed by atoms with Crippen molar-refractivity contribution < 1.29 is 4.79 Å². The Morgan fingerprint density at radius 2 is 2.13 bits per heavy atom. The topological polar surface area (TPSA) is 20.3 Å². The van der Waals surface area contributed by atoms with E-state index in [9.17, 15) is 4.79 Å². The first-order chi connectivity index (χ1) is 6.99. The highest BCUT2D eigenvalue weighted by Gasteiger charge is 2.21. The summed E-state index contributed by atoms with van der Waals surface area (Å²) in [6.07, 6.45) is 2.77. The van der Waals surface area contributed by atoms with E-state index in [4.69, 9.17) is 0 Å². The van der Waals surface area contributed by atoms with Crippen molar-refractivity contribution in [2.75, 3.05) is 11.4 Å². The maximum absolute atomic E-state index is 10.6. The molecule has 0 radical (unpaired) electrons. The Bertz CT molecular complexity index is 349. The van der Waals surface area contributed by atoms with Gasteiger partial charge in [0.25, 0.3) is 0 Å². The second kappa shape index (κ2) is 4.62. The molecule has 0 atom stereocenters. The number of hydrogen-bond donors (Lipinski definition) is 0. The van der Waals surface area contributed by atoms with Crippen molar-refractivity contribution in [3.8, 4) is 0 Å². The highest BCUT2D eigenvalue weighted by atomic mass is 32.1. The summed E-state index contributed by atoms with van der Waals surface area (Å²) in [7, 11) is 0. The van der Waals surface area contributed by atoms with Gasteiger partial charge in [0.05, 0.1) is 9.88 Å². The van der Waals surface area contributed by atoms with E-state index in [1.165, 1.54) is 11.3 Å². The molecule has 0 fully saturated rings. The zero-order valence-corrected chi connectivity index (χ0v) is 10.3. The number of rotatable bonds is 4. The van der Waals surface area contributed by atoms with E-state index in [2.05, 4.69) is 32.3 Å². The van der Waals surface area contributed by atoms with Crippen molar-refractivity contribution in [1.29, 1.82) is 0 Å². The smallest absolute Gasteiger partial charge is 0.160 e. The number of carbonyl (C=O) groups excluding carboxylic acids is 1. The lowest BCUT2D eigenvalue weighted by molar-refractivity contribution is 0.112. The molecule has 1 rings (SSSR count). The fraction of sp³-hybridized carbons (Fsp3) is 0.417. The van der Waals surface area contributed by atoms with Gasteiger partial charge in [-0.05, 0) is 32.9 Å². The molecule has 1 heterocycles. The number of aldehydes is 1. The molecule has 0 spiro atoms. The summed E-state index contributed by atoms with van der Waals surface area (Å²) >= 11 is 1.52. The summed E-state index contributed by atoms with van der Waals surface area (Å²) in [5.41, 5.74) is 0.0409. The summed E-state index contributed by atoms with van der Waals surface area (Å²) in [6.45, 7) is 11.0. The average molecular weight is 223 g/mol. The quantitative estimate of drug-likeness (QED) is 0.576. The van der Waals surface area contributed by atoms with Gasteiger partial charge in [0, 0.05) is 12.1 Å².